The fraction of sp³-hybridized carbons (Fsp3) is 0.391. The van der Waals surface area contributed by atoms with Crippen LogP contribution in [0.15, 0.2) is 36.4 Å². The Balaban J connectivity index is 2.04. The molecule has 0 aliphatic carbocycles. The summed E-state index contributed by atoms with van der Waals surface area (Å²) in [5.74, 6) is -1.29. The molecule has 2 amide bonds. The predicted octanol–water partition coefficient (Wildman–Crippen LogP) is 3.04. The average molecular weight is 397 g/mol. The van der Waals surface area contributed by atoms with Crippen molar-refractivity contribution >= 4 is 23.2 Å². The minimum Gasteiger partial charge on any atom is -0.378 e. The van der Waals surface area contributed by atoms with Crippen LogP contribution in [-0.4, -0.2) is 51.4 Å². The summed E-state index contributed by atoms with van der Waals surface area (Å²) < 4.78 is 0. The number of aryl methyl sites for hydroxylation is 3. The molecule has 6 nitrogen and oxygen atoms in total. The maximum Gasteiger partial charge on any atom is 0.313 e. The van der Waals surface area contributed by atoms with Gasteiger partial charge in [0.05, 0.1) is 6.04 Å². The molecule has 2 rings (SSSR count). The van der Waals surface area contributed by atoms with E-state index in [0.29, 0.717) is 12.2 Å². The van der Waals surface area contributed by atoms with E-state index in [1.54, 1.807) is 0 Å². The molecular weight excluding hydrogens is 364 g/mol. The summed E-state index contributed by atoms with van der Waals surface area (Å²) in [6.45, 7) is 6.19. The van der Waals surface area contributed by atoms with E-state index in [0.717, 1.165) is 27.9 Å². The molecule has 0 spiro atoms. The van der Waals surface area contributed by atoms with Gasteiger partial charge in [-0.3, -0.25) is 9.59 Å². The average Bonchev–Trinajstić information content (AvgIpc) is 2.64. The lowest BCUT2D eigenvalue weighted by molar-refractivity contribution is -0.136. The van der Waals surface area contributed by atoms with Gasteiger partial charge in [0.1, 0.15) is 0 Å². The molecule has 0 fully saturated rings. The van der Waals surface area contributed by atoms with Crippen LogP contribution < -0.4 is 15.5 Å². The highest BCUT2D eigenvalue weighted by Crippen LogP contribution is 2.22. The van der Waals surface area contributed by atoms with Gasteiger partial charge in [-0.1, -0.05) is 29.8 Å². The monoisotopic (exact) mass is 396 g/mol. The Kier molecular flexibility index (Phi) is 7.40. The number of nitrogens with one attached hydrogen (secondary N) is 2. The van der Waals surface area contributed by atoms with Crippen LogP contribution in [0.2, 0.25) is 0 Å². The first-order valence-electron chi connectivity index (χ1n) is 9.71. The fourth-order valence-corrected chi connectivity index (χ4v) is 3.41. The standard InChI is InChI=1S/C23H32N4O2/c1-15-12-16(2)21(17(3)13-15)25-23(29)22(28)24-14-20(27(6)7)18-8-10-19(11-9-18)26(4)5/h8-13,20H,14H2,1-7H3,(H,24,28)(H,25,29)/t20-/m1/s1. The van der Waals surface area contributed by atoms with Gasteiger partial charge in [0, 0.05) is 32.0 Å². The van der Waals surface area contributed by atoms with Gasteiger partial charge in [-0.25, -0.2) is 0 Å². The van der Waals surface area contributed by atoms with Crippen LogP contribution >= 0.6 is 0 Å². The zero-order chi connectivity index (χ0) is 21.7. The Bertz CT molecular complexity index is 850. The van der Waals surface area contributed by atoms with E-state index < -0.39 is 11.8 Å². The molecule has 0 saturated heterocycles. The molecule has 1 atom stereocenters. The molecule has 0 heterocycles. The van der Waals surface area contributed by atoms with Gasteiger partial charge >= 0.3 is 11.8 Å². The second-order valence-corrected chi connectivity index (χ2v) is 7.90. The fourth-order valence-electron chi connectivity index (χ4n) is 3.41. The molecule has 0 aliphatic heterocycles. The molecule has 2 N–H and O–H groups in total. The van der Waals surface area contributed by atoms with Crippen molar-refractivity contribution in [3.05, 3.63) is 58.7 Å². The topological polar surface area (TPSA) is 64.7 Å². The second kappa shape index (κ2) is 9.56. The smallest absolute Gasteiger partial charge is 0.313 e. The zero-order valence-corrected chi connectivity index (χ0v) is 18.5. The maximum absolute atomic E-state index is 12.4. The van der Waals surface area contributed by atoms with E-state index in [2.05, 4.69) is 10.6 Å². The van der Waals surface area contributed by atoms with E-state index in [4.69, 9.17) is 0 Å². The van der Waals surface area contributed by atoms with Crippen LogP contribution in [0, 0.1) is 20.8 Å². The first-order chi connectivity index (χ1) is 13.6. The number of nitrogens with zero attached hydrogens (tertiary/aromatic N) is 2. The lowest BCUT2D eigenvalue weighted by atomic mass is 10.0. The summed E-state index contributed by atoms with van der Waals surface area (Å²) in [6.07, 6.45) is 0. The number of rotatable bonds is 6. The Morgan fingerprint density at radius 2 is 1.45 bits per heavy atom. The number of hydrogen-bond acceptors (Lipinski definition) is 4. The number of amides is 2. The van der Waals surface area contributed by atoms with E-state index in [1.165, 1.54) is 0 Å². The third kappa shape index (κ3) is 5.81. The van der Waals surface area contributed by atoms with Crippen molar-refractivity contribution in [2.45, 2.75) is 26.8 Å². The lowest BCUT2D eigenvalue weighted by Crippen LogP contribution is -2.40. The van der Waals surface area contributed by atoms with Gasteiger partial charge in [0.15, 0.2) is 0 Å². The molecule has 0 unspecified atom stereocenters. The number of anilines is 2. The molecule has 0 radical (unpaired) electrons. The van der Waals surface area contributed by atoms with Gasteiger partial charge in [0.25, 0.3) is 0 Å². The van der Waals surface area contributed by atoms with E-state index >= 15 is 0 Å². The van der Waals surface area contributed by atoms with E-state index in [1.807, 2.05) is 95.2 Å². The van der Waals surface area contributed by atoms with Crippen LogP contribution in [-0.2, 0) is 9.59 Å². The Hall–Kier alpha value is -2.86. The van der Waals surface area contributed by atoms with Gasteiger partial charge in [0.2, 0.25) is 0 Å². The quantitative estimate of drug-likeness (QED) is 0.737. The van der Waals surface area contributed by atoms with Crippen molar-refractivity contribution in [1.29, 1.82) is 0 Å². The van der Waals surface area contributed by atoms with Crippen molar-refractivity contribution in [3.8, 4) is 0 Å². The number of benzene rings is 2. The van der Waals surface area contributed by atoms with Gasteiger partial charge < -0.3 is 20.4 Å². The predicted molar refractivity (Wildman–Crippen MR) is 119 cm³/mol. The highest BCUT2D eigenvalue weighted by atomic mass is 16.2. The molecule has 0 bridgehead atoms. The van der Waals surface area contributed by atoms with Crippen LogP contribution in [0.3, 0.4) is 0 Å². The zero-order valence-electron chi connectivity index (χ0n) is 18.5. The van der Waals surface area contributed by atoms with Gasteiger partial charge in [-0.05, 0) is 63.7 Å². The SMILES string of the molecule is Cc1cc(C)c(NC(=O)C(=O)NC[C@H](c2ccc(N(C)C)cc2)N(C)C)c(C)c1. The summed E-state index contributed by atoms with van der Waals surface area (Å²) in [4.78, 5) is 28.9. The van der Waals surface area contributed by atoms with Crippen molar-refractivity contribution in [1.82, 2.24) is 10.2 Å². The lowest BCUT2D eigenvalue weighted by Gasteiger charge is -2.25. The van der Waals surface area contributed by atoms with Crippen molar-refractivity contribution < 1.29 is 9.59 Å². The Morgan fingerprint density at radius 3 is 1.93 bits per heavy atom. The first-order valence-corrected chi connectivity index (χ1v) is 9.71. The van der Waals surface area contributed by atoms with Crippen molar-refractivity contribution in [2.24, 2.45) is 0 Å². The number of hydrogen-bond donors (Lipinski definition) is 2. The highest BCUT2D eigenvalue weighted by Gasteiger charge is 2.20. The van der Waals surface area contributed by atoms with Crippen molar-refractivity contribution in [3.63, 3.8) is 0 Å². The highest BCUT2D eigenvalue weighted by molar-refractivity contribution is 6.39. The van der Waals surface area contributed by atoms with Gasteiger partial charge in [-0.15, -0.1) is 0 Å². The van der Waals surface area contributed by atoms with Crippen molar-refractivity contribution in [2.75, 3.05) is 45.0 Å². The normalized spacial score (nSPS) is 11.9. The summed E-state index contributed by atoms with van der Waals surface area (Å²) in [5.41, 5.74) is 5.88. The molecule has 6 heteroatoms. The largest absolute Gasteiger partial charge is 0.378 e. The maximum atomic E-state index is 12.4. The Labute approximate surface area is 173 Å². The molecule has 2 aromatic carbocycles. The minimum atomic E-state index is -0.652. The van der Waals surface area contributed by atoms with Gasteiger partial charge in [-0.2, -0.15) is 0 Å². The second-order valence-electron chi connectivity index (χ2n) is 7.90. The molecule has 2 aromatic rings. The third-order valence-electron chi connectivity index (χ3n) is 5.00. The molecule has 29 heavy (non-hydrogen) atoms. The Morgan fingerprint density at radius 1 is 0.897 bits per heavy atom. The minimum absolute atomic E-state index is 0.0363. The summed E-state index contributed by atoms with van der Waals surface area (Å²) in [5, 5.41) is 5.52. The first kappa shape index (κ1) is 22.4. The molecule has 0 aliphatic rings. The molecular formula is C23H32N4O2. The van der Waals surface area contributed by atoms with Crippen LogP contribution in [0.25, 0.3) is 0 Å². The van der Waals surface area contributed by atoms with E-state index in [-0.39, 0.29) is 6.04 Å². The summed E-state index contributed by atoms with van der Waals surface area (Å²) in [6, 6.07) is 12.1. The van der Waals surface area contributed by atoms with Crippen LogP contribution in [0.5, 0.6) is 0 Å². The van der Waals surface area contributed by atoms with Crippen LogP contribution in [0.1, 0.15) is 28.3 Å². The van der Waals surface area contributed by atoms with Crippen LogP contribution in [0.4, 0.5) is 11.4 Å². The summed E-state index contributed by atoms with van der Waals surface area (Å²) in [7, 11) is 7.90. The van der Waals surface area contributed by atoms with E-state index in [9.17, 15) is 9.59 Å². The number of carbonyl (C=O) groups is 2. The third-order valence-corrected chi connectivity index (χ3v) is 5.00. The molecule has 0 aromatic heterocycles. The summed E-state index contributed by atoms with van der Waals surface area (Å²) >= 11 is 0. The molecule has 156 valence electrons. The molecule has 0 saturated carbocycles. The number of likely N-dealkylation sites (N-methyl/N-ethyl adjacent to an activating group) is 1. The number of carbonyl (C=O) groups excluding carboxylic acids is 2.